The Bertz CT molecular complexity index is 1110. The van der Waals surface area contributed by atoms with E-state index < -0.39 is 16.1 Å². The Morgan fingerprint density at radius 3 is 2.55 bits per heavy atom. The van der Waals surface area contributed by atoms with E-state index in [1.807, 2.05) is 6.07 Å². The highest BCUT2D eigenvalue weighted by atomic mass is 32.2. The number of nitrogens with one attached hydrogen (secondary N) is 1. The number of rotatable bonds is 5. The zero-order chi connectivity index (χ0) is 22.0. The van der Waals surface area contributed by atoms with Crippen molar-refractivity contribution < 1.29 is 17.6 Å². The van der Waals surface area contributed by atoms with E-state index in [1.165, 1.54) is 11.1 Å². The lowest BCUT2D eigenvalue weighted by Gasteiger charge is -2.28. The summed E-state index contributed by atoms with van der Waals surface area (Å²) in [6.07, 6.45) is 6.28. The molecule has 0 unspecified atom stereocenters. The Balaban J connectivity index is 1.68. The van der Waals surface area contributed by atoms with Crippen LogP contribution in [-0.4, -0.2) is 31.3 Å². The van der Waals surface area contributed by atoms with E-state index in [2.05, 4.69) is 9.82 Å². The molecule has 0 spiro atoms. The highest BCUT2D eigenvalue weighted by molar-refractivity contribution is 7.92. The Morgan fingerprint density at radius 2 is 1.84 bits per heavy atom. The molecule has 4 rings (SSSR count). The van der Waals surface area contributed by atoms with Crippen LogP contribution in [-0.2, 0) is 14.8 Å². The Labute approximate surface area is 182 Å². The molecular weight excluding hydrogens is 417 g/mol. The molecule has 1 saturated carbocycles. The second-order valence-electron chi connectivity index (χ2n) is 8.26. The van der Waals surface area contributed by atoms with E-state index in [4.69, 9.17) is 0 Å². The van der Waals surface area contributed by atoms with E-state index in [-0.39, 0.29) is 17.6 Å². The van der Waals surface area contributed by atoms with Gasteiger partial charge >= 0.3 is 0 Å². The van der Waals surface area contributed by atoms with Gasteiger partial charge < -0.3 is 0 Å². The van der Waals surface area contributed by atoms with E-state index in [1.54, 1.807) is 36.4 Å². The molecule has 0 saturated heterocycles. The molecule has 1 atom stereocenters. The summed E-state index contributed by atoms with van der Waals surface area (Å²) in [5.41, 5.74) is 2.20. The van der Waals surface area contributed by atoms with Crippen molar-refractivity contribution in [2.24, 2.45) is 11.0 Å². The fraction of sp³-hybridized carbons (Fsp3) is 0.391. The van der Waals surface area contributed by atoms with E-state index in [0.29, 0.717) is 28.9 Å². The minimum atomic E-state index is -3.42. The lowest BCUT2D eigenvalue weighted by Crippen LogP contribution is -2.34. The van der Waals surface area contributed by atoms with Crippen LogP contribution in [0, 0.1) is 11.7 Å². The summed E-state index contributed by atoms with van der Waals surface area (Å²) >= 11 is 0. The van der Waals surface area contributed by atoms with Gasteiger partial charge in [0.2, 0.25) is 15.9 Å². The van der Waals surface area contributed by atoms with Crippen LogP contribution in [0.5, 0.6) is 0 Å². The first-order valence-corrected chi connectivity index (χ1v) is 12.4. The van der Waals surface area contributed by atoms with Crippen molar-refractivity contribution in [1.29, 1.82) is 0 Å². The number of benzene rings is 2. The molecule has 31 heavy (non-hydrogen) atoms. The van der Waals surface area contributed by atoms with Gasteiger partial charge in [-0.3, -0.25) is 9.52 Å². The lowest BCUT2D eigenvalue weighted by atomic mass is 9.88. The molecule has 0 bridgehead atoms. The van der Waals surface area contributed by atoms with Gasteiger partial charge in [-0.25, -0.2) is 17.8 Å². The van der Waals surface area contributed by atoms with Crippen molar-refractivity contribution in [3.63, 3.8) is 0 Å². The first-order valence-electron chi connectivity index (χ1n) is 10.5. The van der Waals surface area contributed by atoms with Gasteiger partial charge in [0, 0.05) is 23.6 Å². The summed E-state index contributed by atoms with van der Waals surface area (Å²) in [7, 11) is -3.42. The van der Waals surface area contributed by atoms with Crippen LogP contribution in [0.4, 0.5) is 10.1 Å². The third kappa shape index (κ3) is 4.95. The zero-order valence-electron chi connectivity index (χ0n) is 17.4. The molecule has 2 aliphatic rings. The van der Waals surface area contributed by atoms with Gasteiger partial charge in [0.15, 0.2) is 0 Å². The number of hydrazone groups is 1. The number of hydrogen-bond donors (Lipinski definition) is 1. The van der Waals surface area contributed by atoms with Gasteiger partial charge in [-0.05, 0) is 36.6 Å². The smallest absolute Gasteiger partial charge is 0.246 e. The van der Waals surface area contributed by atoms with Gasteiger partial charge in [0.25, 0.3) is 0 Å². The van der Waals surface area contributed by atoms with Gasteiger partial charge in [-0.2, -0.15) is 5.10 Å². The van der Waals surface area contributed by atoms with E-state index in [0.717, 1.165) is 38.4 Å². The largest absolute Gasteiger partial charge is 0.284 e. The average molecular weight is 444 g/mol. The molecule has 1 fully saturated rings. The zero-order valence-corrected chi connectivity index (χ0v) is 18.2. The fourth-order valence-electron chi connectivity index (χ4n) is 4.39. The van der Waals surface area contributed by atoms with Gasteiger partial charge in [-0.1, -0.05) is 49.6 Å². The monoisotopic (exact) mass is 443 g/mol. The summed E-state index contributed by atoms with van der Waals surface area (Å²) in [6.45, 7) is 0. The molecule has 1 amide bonds. The molecular formula is C23H26FN3O3S. The maximum atomic E-state index is 14.6. The van der Waals surface area contributed by atoms with Crippen molar-refractivity contribution >= 4 is 27.3 Å². The van der Waals surface area contributed by atoms with Crippen LogP contribution < -0.4 is 4.72 Å². The van der Waals surface area contributed by atoms with Crippen LogP contribution >= 0.6 is 0 Å². The van der Waals surface area contributed by atoms with Crippen LogP contribution in [0.2, 0.25) is 0 Å². The normalized spacial score (nSPS) is 19.9. The highest BCUT2D eigenvalue weighted by Gasteiger charge is 2.37. The summed E-state index contributed by atoms with van der Waals surface area (Å²) < 4.78 is 40.3. The molecule has 1 N–H and O–H groups in total. The molecule has 164 valence electrons. The topological polar surface area (TPSA) is 78.8 Å². The van der Waals surface area contributed by atoms with Crippen molar-refractivity contribution in [1.82, 2.24) is 5.01 Å². The predicted molar refractivity (Wildman–Crippen MR) is 119 cm³/mol. The molecule has 2 aromatic carbocycles. The van der Waals surface area contributed by atoms with Crippen molar-refractivity contribution in [3.8, 4) is 0 Å². The number of amides is 1. The van der Waals surface area contributed by atoms with Gasteiger partial charge in [-0.15, -0.1) is 0 Å². The second-order valence-corrected chi connectivity index (χ2v) is 10.0. The maximum absolute atomic E-state index is 14.6. The molecule has 1 heterocycles. The summed E-state index contributed by atoms with van der Waals surface area (Å²) in [5.74, 6) is -0.518. The first kappa shape index (κ1) is 21.5. The summed E-state index contributed by atoms with van der Waals surface area (Å²) in [4.78, 5) is 13.3. The van der Waals surface area contributed by atoms with Crippen LogP contribution in [0.25, 0.3) is 0 Å². The number of sulfonamides is 1. The quantitative estimate of drug-likeness (QED) is 0.741. The number of carbonyl (C=O) groups excluding carboxylic acids is 1. The third-order valence-electron chi connectivity index (χ3n) is 5.85. The molecule has 0 aromatic heterocycles. The Hall–Kier alpha value is -2.74. The van der Waals surface area contributed by atoms with Crippen molar-refractivity contribution in [3.05, 3.63) is 65.5 Å². The fourth-order valence-corrected chi connectivity index (χ4v) is 4.94. The number of hydrogen-bond acceptors (Lipinski definition) is 4. The third-order valence-corrected chi connectivity index (χ3v) is 6.46. The number of anilines is 1. The molecule has 8 heteroatoms. The minimum absolute atomic E-state index is 0.0617. The minimum Gasteiger partial charge on any atom is -0.284 e. The van der Waals surface area contributed by atoms with E-state index >= 15 is 0 Å². The molecule has 6 nitrogen and oxygen atoms in total. The SMILES string of the molecule is CS(=O)(=O)Nc1cccc(C2=NN(C(=O)C3CCCCC3)[C@H](c3ccccc3F)C2)c1. The molecule has 2 aromatic rings. The molecule has 0 radical (unpaired) electrons. The highest BCUT2D eigenvalue weighted by Crippen LogP contribution is 2.37. The number of nitrogens with zero attached hydrogens (tertiary/aromatic N) is 2. The maximum Gasteiger partial charge on any atom is 0.246 e. The Kier molecular flexibility index (Phi) is 6.09. The van der Waals surface area contributed by atoms with Gasteiger partial charge in [0.1, 0.15) is 5.82 Å². The molecule has 1 aliphatic heterocycles. The van der Waals surface area contributed by atoms with Crippen LogP contribution in [0.15, 0.2) is 53.6 Å². The predicted octanol–water partition coefficient (Wildman–Crippen LogP) is 4.46. The second kappa shape index (κ2) is 8.78. The van der Waals surface area contributed by atoms with Crippen LogP contribution in [0.1, 0.15) is 55.7 Å². The van der Waals surface area contributed by atoms with Crippen molar-refractivity contribution in [2.75, 3.05) is 11.0 Å². The standard InChI is InChI=1S/C23H26FN3O3S/c1-31(29,30)26-18-11-7-10-17(14-18)21-15-22(19-12-5-6-13-20(19)24)27(25-21)23(28)16-8-3-2-4-9-16/h5-7,10-14,16,22,26H,2-4,8-9,15H2,1H3/t22-/m0/s1. The van der Waals surface area contributed by atoms with E-state index in [9.17, 15) is 17.6 Å². The number of carbonyl (C=O) groups is 1. The number of halogens is 1. The molecule has 1 aliphatic carbocycles. The Morgan fingerprint density at radius 1 is 1.10 bits per heavy atom. The lowest BCUT2D eigenvalue weighted by molar-refractivity contribution is -0.138. The summed E-state index contributed by atoms with van der Waals surface area (Å²) in [6, 6.07) is 12.9. The summed E-state index contributed by atoms with van der Waals surface area (Å²) in [5, 5.41) is 6.09. The average Bonchev–Trinajstić information content (AvgIpc) is 3.18. The first-order chi connectivity index (χ1) is 14.8. The van der Waals surface area contributed by atoms with Gasteiger partial charge in [0.05, 0.1) is 18.0 Å². The van der Waals surface area contributed by atoms with Crippen molar-refractivity contribution in [2.45, 2.75) is 44.6 Å². The van der Waals surface area contributed by atoms with Crippen LogP contribution in [0.3, 0.4) is 0 Å².